The van der Waals surface area contributed by atoms with Crippen LogP contribution in [0.4, 0.5) is 8.78 Å². The lowest BCUT2D eigenvalue weighted by molar-refractivity contribution is -0.0514. The van der Waals surface area contributed by atoms with Crippen molar-refractivity contribution in [3.63, 3.8) is 0 Å². The molecular weight excluding hydrogens is 278 g/mol. The Kier molecular flexibility index (Phi) is 7.43. The molecule has 0 aromatic heterocycles. The molecule has 0 saturated carbocycles. The third-order valence-electron chi connectivity index (χ3n) is 3.28. The van der Waals surface area contributed by atoms with Crippen LogP contribution in [-0.2, 0) is 0 Å². The van der Waals surface area contributed by atoms with Gasteiger partial charge in [-0.2, -0.15) is 8.78 Å². The van der Waals surface area contributed by atoms with Gasteiger partial charge in [0, 0.05) is 0 Å². The summed E-state index contributed by atoms with van der Waals surface area (Å²) in [5.41, 5.74) is 0.656. The third kappa shape index (κ3) is 5.87. The van der Waals surface area contributed by atoms with E-state index in [-0.39, 0.29) is 11.5 Å². The predicted molar refractivity (Wildman–Crippen MR) is 77.9 cm³/mol. The van der Waals surface area contributed by atoms with Gasteiger partial charge in [-0.1, -0.05) is 32.8 Å². The van der Waals surface area contributed by atoms with Gasteiger partial charge >= 0.3 is 6.61 Å². The Balaban J connectivity index is 2.85. The summed E-state index contributed by atoms with van der Waals surface area (Å²) < 4.78 is 34.4. The average Bonchev–Trinajstić information content (AvgIpc) is 2.40. The summed E-state index contributed by atoms with van der Waals surface area (Å²) in [6.45, 7) is 3.39. The van der Waals surface area contributed by atoms with E-state index in [1.807, 2.05) is 0 Å². The number of aliphatic hydroxyl groups is 1. The highest BCUT2D eigenvalue weighted by molar-refractivity contribution is 5.43. The summed E-state index contributed by atoms with van der Waals surface area (Å²) in [4.78, 5) is 0. The molecule has 0 aliphatic rings. The minimum atomic E-state index is -2.90. The molecule has 120 valence electrons. The van der Waals surface area contributed by atoms with E-state index < -0.39 is 12.7 Å². The lowest BCUT2D eigenvalue weighted by atomic mass is 9.95. The zero-order valence-electron chi connectivity index (χ0n) is 12.8. The molecule has 0 radical (unpaired) electrons. The van der Waals surface area contributed by atoms with Gasteiger partial charge < -0.3 is 14.6 Å². The van der Waals surface area contributed by atoms with Crippen LogP contribution in [0.15, 0.2) is 18.2 Å². The van der Waals surface area contributed by atoms with Crippen LogP contribution in [0.5, 0.6) is 11.5 Å². The van der Waals surface area contributed by atoms with Crippen LogP contribution in [-0.4, -0.2) is 18.3 Å². The predicted octanol–water partition coefficient (Wildman–Crippen LogP) is 4.55. The molecule has 1 N–H and O–H groups in total. The Morgan fingerprint density at radius 2 is 1.90 bits per heavy atom. The van der Waals surface area contributed by atoms with E-state index in [9.17, 15) is 13.9 Å². The molecule has 0 amide bonds. The van der Waals surface area contributed by atoms with Crippen molar-refractivity contribution in [3.05, 3.63) is 23.8 Å². The molecule has 5 heteroatoms. The summed E-state index contributed by atoms with van der Waals surface area (Å²) in [5.74, 6) is 0.624. The fraction of sp³-hybridized carbons (Fsp3) is 0.625. The Bertz CT molecular complexity index is 424. The second-order valence-electron chi connectivity index (χ2n) is 5.16. The van der Waals surface area contributed by atoms with Crippen molar-refractivity contribution in [1.82, 2.24) is 0 Å². The van der Waals surface area contributed by atoms with Gasteiger partial charge in [-0.25, -0.2) is 0 Å². The molecule has 0 aliphatic heterocycles. The summed E-state index contributed by atoms with van der Waals surface area (Å²) in [5, 5.41) is 10.2. The second-order valence-corrected chi connectivity index (χ2v) is 5.16. The topological polar surface area (TPSA) is 38.7 Å². The first-order valence-electron chi connectivity index (χ1n) is 7.37. The molecular formula is C16H24F2O3. The number of ether oxygens (including phenoxy) is 2. The van der Waals surface area contributed by atoms with E-state index in [2.05, 4.69) is 18.6 Å². The Morgan fingerprint density at radius 1 is 1.19 bits per heavy atom. The highest BCUT2D eigenvalue weighted by Crippen LogP contribution is 2.33. The zero-order chi connectivity index (χ0) is 15.8. The largest absolute Gasteiger partial charge is 0.490 e. The quantitative estimate of drug-likeness (QED) is 0.727. The smallest absolute Gasteiger partial charge is 0.387 e. The summed E-state index contributed by atoms with van der Waals surface area (Å²) in [6, 6.07) is 4.59. The minimum absolute atomic E-state index is 0.00981. The standard InChI is InChI=1S/C16H24F2O3/c1-4-6-11(3)9-13(19)12-7-8-14(21-16(17)18)15(10-12)20-5-2/h7-8,10-11,13,16,19H,4-6,9H2,1-3H3. The molecule has 0 saturated heterocycles. The van der Waals surface area contributed by atoms with Crippen molar-refractivity contribution in [2.24, 2.45) is 5.92 Å². The Labute approximate surface area is 124 Å². The van der Waals surface area contributed by atoms with E-state index >= 15 is 0 Å². The van der Waals surface area contributed by atoms with Gasteiger partial charge in [-0.05, 0) is 37.0 Å². The molecule has 1 aromatic carbocycles. The van der Waals surface area contributed by atoms with Crippen molar-refractivity contribution in [2.75, 3.05) is 6.61 Å². The van der Waals surface area contributed by atoms with Gasteiger partial charge in [0.15, 0.2) is 11.5 Å². The van der Waals surface area contributed by atoms with Crippen molar-refractivity contribution in [3.8, 4) is 11.5 Å². The lowest BCUT2D eigenvalue weighted by Crippen LogP contribution is -2.07. The fourth-order valence-corrected chi connectivity index (χ4v) is 2.32. The summed E-state index contributed by atoms with van der Waals surface area (Å²) >= 11 is 0. The maximum Gasteiger partial charge on any atom is 0.387 e. The molecule has 0 bridgehead atoms. The molecule has 3 nitrogen and oxygen atoms in total. The minimum Gasteiger partial charge on any atom is -0.490 e. The molecule has 2 unspecified atom stereocenters. The number of alkyl halides is 2. The lowest BCUT2D eigenvalue weighted by Gasteiger charge is -2.18. The maximum absolute atomic E-state index is 12.3. The number of rotatable bonds is 9. The van der Waals surface area contributed by atoms with Crippen LogP contribution in [0.1, 0.15) is 51.7 Å². The van der Waals surface area contributed by atoms with E-state index in [0.29, 0.717) is 24.5 Å². The maximum atomic E-state index is 12.3. The molecule has 0 fully saturated rings. The molecule has 0 spiro atoms. The van der Waals surface area contributed by atoms with E-state index in [1.165, 1.54) is 6.07 Å². The normalized spacial score (nSPS) is 14.0. The molecule has 0 aliphatic carbocycles. The van der Waals surface area contributed by atoms with Crippen LogP contribution < -0.4 is 9.47 Å². The SMILES string of the molecule is CCCC(C)CC(O)c1ccc(OC(F)F)c(OCC)c1. The van der Waals surface area contributed by atoms with Crippen LogP contribution in [0.3, 0.4) is 0 Å². The fourth-order valence-electron chi connectivity index (χ4n) is 2.32. The Hall–Kier alpha value is -1.36. The third-order valence-corrected chi connectivity index (χ3v) is 3.28. The second kappa shape index (κ2) is 8.82. The van der Waals surface area contributed by atoms with Gasteiger partial charge in [-0.3, -0.25) is 0 Å². The van der Waals surface area contributed by atoms with Crippen molar-refractivity contribution in [1.29, 1.82) is 0 Å². The number of hydrogen-bond donors (Lipinski definition) is 1. The molecule has 0 heterocycles. The van der Waals surface area contributed by atoms with Crippen LogP contribution >= 0.6 is 0 Å². The zero-order valence-corrected chi connectivity index (χ0v) is 12.8. The number of benzene rings is 1. The number of aliphatic hydroxyl groups excluding tert-OH is 1. The first-order chi connectivity index (χ1) is 9.97. The van der Waals surface area contributed by atoms with Crippen molar-refractivity contribution < 1.29 is 23.4 Å². The monoisotopic (exact) mass is 302 g/mol. The first-order valence-corrected chi connectivity index (χ1v) is 7.37. The summed E-state index contributed by atoms with van der Waals surface area (Å²) in [6.07, 6.45) is 2.11. The van der Waals surface area contributed by atoms with Crippen LogP contribution in [0.25, 0.3) is 0 Å². The molecule has 2 atom stereocenters. The van der Waals surface area contributed by atoms with E-state index in [1.54, 1.807) is 19.1 Å². The molecule has 1 rings (SSSR count). The molecule has 21 heavy (non-hydrogen) atoms. The highest BCUT2D eigenvalue weighted by atomic mass is 19.3. The van der Waals surface area contributed by atoms with Crippen LogP contribution in [0.2, 0.25) is 0 Å². The van der Waals surface area contributed by atoms with Gasteiger partial charge in [0.2, 0.25) is 0 Å². The van der Waals surface area contributed by atoms with Gasteiger partial charge in [0.25, 0.3) is 0 Å². The highest BCUT2D eigenvalue weighted by Gasteiger charge is 2.16. The summed E-state index contributed by atoms with van der Waals surface area (Å²) in [7, 11) is 0. The van der Waals surface area contributed by atoms with E-state index in [4.69, 9.17) is 4.74 Å². The number of hydrogen-bond acceptors (Lipinski definition) is 3. The van der Waals surface area contributed by atoms with Gasteiger partial charge in [0.05, 0.1) is 12.7 Å². The van der Waals surface area contributed by atoms with Gasteiger partial charge in [0.1, 0.15) is 0 Å². The average molecular weight is 302 g/mol. The number of halogens is 2. The van der Waals surface area contributed by atoms with Crippen molar-refractivity contribution in [2.45, 2.75) is 52.7 Å². The van der Waals surface area contributed by atoms with Crippen molar-refractivity contribution >= 4 is 0 Å². The van der Waals surface area contributed by atoms with E-state index in [0.717, 1.165) is 12.8 Å². The van der Waals surface area contributed by atoms with Gasteiger partial charge in [-0.15, -0.1) is 0 Å². The first kappa shape index (κ1) is 17.7. The van der Waals surface area contributed by atoms with Crippen LogP contribution in [0, 0.1) is 5.92 Å². The Morgan fingerprint density at radius 3 is 2.48 bits per heavy atom. The molecule has 1 aromatic rings.